The summed E-state index contributed by atoms with van der Waals surface area (Å²) < 4.78 is 44.0. The van der Waals surface area contributed by atoms with E-state index >= 15 is 0 Å². The zero-order chi connectivity index (χ0) is 54.6. The van der Waals surface area contributed by atoms with Gasteiger partial charge in [-0.25, -0.2) is 4.79 Å². The van der Waals surface area contributed by atoms with Gasteiger partial charge in [0.2, 0.25) is 17.7 Å². The van der Waals surface area contributed by atoms with Crippen molar-refractivity contribution in [2.75, 3.05) is 59.2 Å². The molecule has 32 nitrogen and oxygen atoms in total. The molecule has 15 N–H and O–H groups in total. The molecule has 5 amide bonds. The summed E-state index contributed by atoms with van der Waals surface area (Å²) in [5.74, 6) is -4.65. The predicted molar refractivity (Wildman–Crippen MR) is 232 cm³/mol. The van der Waals surface area contributed by atoms with Gasteiger partial charge >= 0.3 is 5.97 Å². The molecule has 5 aliphatic rings. The first-order valence-corrected chi connectivity index (χ1v) is 23.8. The molecule has 5 rings (SSSR count). The van der Waals surface area contributed by atoms with Gasteiger partial charge in [-0.05, 0) is 19.8 Å². The van der Waals surface area contributed by atoms with E-state index in [4.69, 9.17) is 42.7 Å². The van der Waals surface area contributed by atoms with E-state index in [0.29, 0.717) is 5.06 Å². The van der Waals surface area contributed by atoms with Gasteiger partial charge in [0.25, 0.3) is 11.8 Å². The van der Waals surface area contributed by atoms with Crippen molar-refractivity contribution in [1.29, 1.82) is 0 Å². The van der Waals surface area contributed by atoms with E-state index in [0.717, 1.165) is 4.90 Å². The molecule has 20 atom stereocenters. The summed E-state index contributed by atoms with van der Waals surface area (Å²) in [7, 11) is 0. The lowest BCUT2D eigenvalue weighted by Crippen LogP contribution is -2.65. The number of hydroxylamine groups is 2. The maximum absolute atomic E-state index is 13.4. The highest BCUT2D eigenvalue weighted by Gasteiger charge is 2.52. The predicted octanol–water partition coefficient (Wildman–Crippen LogP) is -10.5. The van der Waals surface area contributed by atoms with Crippen LogP contribution in [0.5, 0.6) is 0 Å². The quantitative estimate of drug-likeness (QED) is 0.0298. The minimum Gasteiger partial charge on any atom is -0.394 e. The summed E-state index contributed by atoms with van der Waals surface area (Å²) in [5, 5.41) is 139. The van der Waals surface area contributed by atoms with Gasteiger partial charge in [-0.3, -0.25) is 24.0 Å². The molecule has 0 aromatic heterocycles. The van der Waals surface area contributed by atoms with Crippen LogP contribution in [0.1, 0.15) is 45.4 Å². The Labute approximate surface area is 421 Å². The normalized spacial score (nSPS) is 37.6. The fraction of sp³-hybridized carbons (Fsp3) is 0.857. The van der Waals surface area contributed by atoms with Crippen LogP contribution in [0.15, 0.2) is 0 Å². The first kappa shape index (κ1) is 61.0. The number of nitrogens with zero attached hydrogens (tertiary/aromatic N) is 2. The second-order valence-electron chi connectivity index (χ2n) is 18.0. The van der Waals surface area contributed by atoms with E-state index in [1.54, 1.807) is 0 Å². The highest BCUT2D eigenvalue weighted by atomic mass is 16.8. The van der Waals surface area contributed by atoms with Crippen LogP contribution in [0.2, 0.25) is 0 Å². The Hall–Kier alpha value is -3.82. The molecule has 0 aromatic carbocycles. The molecule has 74 heavy (non-hydrogen) atoms. The van der Waals surface area contributed by atoms with Crippen LogP contribution in [0.4, 0.5) is 0 Å². The molecule has 0 bridgehead atoms. The van der Waals surface area contributed by atoms with Crippen molar-refractivity contribution in [3.05, 3.63) is 0 Å². The molecule has 5 saturated heterocycles. The van der Waals surface area contributed by atoms with Crippen molar-refractivity contribution in [3.63, 3.8) is 0 Å². The Morgan fingerprint density at radius 3 is 1.57 bits per heavy atom. The molecule has 1 unspecified atom stereocenters. The van der Waals surface area contributed by atoms with E-state index in [1.165, 1.54) is 6.92 Å². The third kappa shape index (κ3) is 15.9. The molecule has 0 saturated carbocycles. The van der Waals surface area contributed by atoms with E-state index in [9.17, 15) is 95.2 Å². The number of nitrogens with one attached hydrogen (secondary N) is 2. The maximum Gasteiger partial charge on any atom is 0.333 e. The second-order valence-corrected chi connectivity index (χ2v) is 18.0. The van der Waals surface area contributed by atoms with Crippen LogP contribution in [0.25, 0.3) is 0 Å². The molecule has 0 radical (unpaired) electrons. The van der Waals surface area contributed by atoms with E-state index in [2.05, 4.69) is 10.6 Å². The van der Waals surface area contributed by atoms with Gasteiger partial charge in [-0.15, -0.1) is 5.06 Å². The van der Waals surface area contributed by atoms with Gasteiger partial charge in [0.1, 0.15) is 105 Å². The van der Waals surface area contributed by atoms with Crippen LogP contribution in [0.3, 0.4) is 0 Å². The molecule has 5 heterocycles. The Morgan fingerprint density at radius 2 is 1.03 bits per heavy atom. The van der Waals surface area contributed by atoms with Gasteiger partial charge in [0.15, 0.2) is 25.2 Å². The lowest BCUT2D eigenvalue weighted by molar-refractivity contribution is -0.366. The number of amides is 5. The lowest BCUT2D eigenvalue weighted by atomic mass is 9.96. The lowest BCUT2D eigenvalue weighted by Gasteiger charge is -2.46. The number of carbonyl (C=O) groups excluding carboxylic acids is 6. The number of aliphatic hydroxyl groups excluding tert-OH is 13. The summed E-state index contributed by atoms with van der Waals surface area (Å²) in [6, 6.07) is 0. The molecule has 0 aliphatic carbocycles. The Balaban J connectivity index is 1.18. The number of rotatable bonds is 25. The van der Waals surface area contributed by atoms with Crippen molar-refractivity contribution >= 4 is 35.5 Å². The zero-order valence-electron chi connectivity index (χ0n) is 40.0. The molecule has 0 spiro atoms. The van der Waals surface area contributed by atoms with Gasteiger partial charge in [0, 0.05) is 38.8 Å². The minimum absolute atomic E-state index is 0.0218. The zero-order valence-corrected chi connectivity index (χ0v) is 40.0. The van der Waals surface area contributed by atoms with Crippen molar-refractivity contribution in [2.45, 2.75) is 168 Å². The van der Waals surface area contributed by atoms with Crippen LogP contribution in [0, 0.1) is 0 Å². The summed E-state index contributed by atoms with van der Waals surface area (Å²) in [5.41, 5.74) is 0. The summed E-state index contributed by atoms with van der Waals surface area (Å²) in [6.45, 7) is -3.76. The SMILES string of the molecule is C[C@@H]1O[C@@H](OCCNC(=O)CN(CC(=O)NCCO[C@H]2O[C@H](CO[C@H]3O[C@H](CO)[C@@H](O)[C@H](O)[C@@H]3O)[C@@H](O)[C@H](O[C@H]3O[C@H](CO)C(O)[C@H](O)[C@@H]3O)[C@@H]2O)C(=O)CCCCC(=O)ON2C(=O)CCC2=O)[C@@H](O)[C@H](O)[C@@H]1O. The van der Waals surface area contributed by atoms with E-state index in [1.807, 2.05) is 0 Å². The van der Waals surface area contributed by atoms with Crippen molar-refractivity contribution in [2.24, 2.45) is 0 Å². The summed E-state index contributed by atoms with van der Waals surface area (Å²) in [6.07, 6.45) is -34.5. The summed E-state index contributed by atoms with van der Waals surface area (Å²) >= 11 is 0. The average Bonchev–Trinajstić information content (AvgIpc) is 3.69. The highest BCUT2D eigenvalue weighted by molar-refractivity contribution is 6.01. The van der Waals surface area contributed by atoms with Gasteiger partial charge in [-0.1, -0.05) is 0 Å². The first-order valence-electron chi connectivity index (χ1n) is 23.8. The largest absolute Gasteiger partial charge is 0.394 e. The van der Waals surface area contributed by atoms with Crippen molar-refractivity contribution < 1.29 is 138 Å². The molecule has 5 aliphatic heterocycles. The number of imide groups is 1. The van der Waals surface area contributed by atoms with Crippen LogP contribution >= 0.6 is 0 Å². The third-order valence-corrected chi connectivity index (χ3v) is 12.5. The fourth-order valence-corrected chi connectivity index (χ4v) is 8.15. The molecule has 5 fully saturated rings. The number of hydrogen-bond acceptors (Lipinski definition) is 28. The van der Waals surface area contributed by atoms with Gasteiger partial charge in [-0.2, -0.15) is 0 Å². The number of hydrogen-bond donors (Lipinski definition) is 15. The summed E-state index contributed by atoms with van der Waals surface area (Å²) in [4.78, 5) is 81.2. The van der Waals surface area contributed by atoms with E-state index < -0.39 is 198 Å². The first-order chi connectivity index (χ1) is 35.1. The number of ether oxygens (including phenoxy) is 8. The third-order valence-electron chi connectivity index (χ3n) is 12.5. The smallest absolute Gasteiger partial charge is 0.333 e. The average molecular weight is 1080 g/mol. The molecular formula is C42H68N4O28. The van der Waals surface area contributed by atoms with E-state index in [-0.39, 0.29) is 58.2 Å². The Kier molecular flexibility index (Phi) is 23.5. The highest BCUT2D eigenvalue weighted by Crippen LogP contribution is 2.31. The van der Waals surface area contributed by atoms with Crippen LogP contribution in [-0.2, 0) is 71.5 Å². The molecule has 32 heteroatoms. The van der Waals surface area contributed by atoms with Crippen LogP contribution in [-0.4, -0.2) is 294 Å². The van der Waals surface area contributed by atoms with Crippen LogP contribution < -0.4 is 10.6 Å². The fourth-order valence-electron chi connectivity index (χ4n) is 8.15. The van der Waals surface area contributed by atoms with Gasteiger partial charge < -0.3 is 125 Å². The number of aliphatic hydroxyl groups is 13. The second kappa shape index (κ2) is 28.5. The Morgan fingerprint density at radius 1 is 0.568 bits per heavy atom. The molecule has 424 valence electrons. The Bertz CT molecular complexity index is 1840. The van der Waals surface area contributed by atoms with Crippen molar-refractivity contribution in [3.8, 4) is 0 Å². The monoisotopic (exact) mass is 1080 g/mol. The minimum atomic E-state index is -2.00. The standard InChI is InChI=1S/C42H68N4O28/c1-17-27(55)31(59)34(62)39(69-17)66-10-8-43-21(49)12-45(23(51)4-2-3-5-26(54)74-46-24(52)6-7-25(46)53)13-22(50)44-9-11-67-41-37(65)38(73-42-36(64)33(61)29(57)19(15-48)71-42)30(58)20(72-41)16-68-40-35(63)32(60)28(56)18(14-47)70-40/h17-20,27-42,47-48,55-65H,2-16H2,1H3,(H,43,49)(H,44,50)/t17-,18+,19+,20+,27+,28+,29?,30+,31+,32-,33-,34-,35-,36-,37-,38-,39+,40-,41-,42+/m0/s1. The van der Waals surface area contributed by atoms with Gasteiger partial charge in [0.05, 0.1) is 39.1 Å². The van der Waals surface area contributed by atoms with Crippen molar-refractivity contribution in [1.82, 2.24) is 20.6 Å². The topological polar surface area (TPSA) is 479 Å². The number of unbranched alkanes of at least 4 members (excludes halogenated alkanes) is 1. The maximum atomic E-state index is 13.4. The number of carbonyl (C=O) groups is 6. The molecule has 0 aromatic rings. The molecular weight excluding hydrogens is 1010 g/mol.